The van der Waals surface area contributed by atoms with Crippen LogP contribution in [0.2, 0.25) is 0 Å². The number of sulfonamides is 1. The molecule has 6 nitrogen and oxygen atoms in total. The fourth-order valence-electron chi connectivity index (χ4n) is 1.74. The van der Waals surface area contributed by atoms with Gasteiger partial charge in [-0.25, -0.2) is 12.8 Å². The van der Waals surface area contributed by atoms with Gasteiger partial charge in [-0.1, -0.05) is 0 Å². The van der Waals surface area contributed by atoms with Crippen LogP contribution in [-0.2, 0) is 23.6 Å². The zero-order valence-corrected chi connectivity index (χ0v) is 11.9. The number of nitrogen functional groups attached to an aromatic ring is 1. The van der Waals surface area contributed by atoms with Gasteiger partial charge in [0.1, 0.15) is 5.82 Å². The van der Waals surface area contributed by atoms with Gasteiger partial charge in [-0.3, -0.25) is 4.68 Å². The van der Waals surface area contributed by atoms with Gasteiger partial charge in [-0.05, 0) is 18.2 Å². The lowest BCUT2D eigenvalue weighted by atomic mass is 10.3. The van der Waals surface area contributed by atoms with Crippen LogP contribution in [-0.4, -0.2) is 29.6 Å². The van der Waals surface area contributed by atoms with E-state index < -0.39 is 15.8 Å². The van der Waals surface area contributed by atoms with Crippen LogP contribution in [0.5, 0.6) is 0 Å². The molecule has 0 aliphatic carbocycles. The van der Waals surface area contributed by atoms with Crippen molar-refractivity contribution in [3.8, 4) is 0 Å². The lowest BCUT2D eigenvalue weighted by Gasteiger charge is -2.16. The van der Waals surface area contributed by atoms with E-state index in [1.807, 2.05) is 0 Å². The molecule has 1 aromatic heterocycles. The van der Waals surface area contributed by atoms with Gasteiger partial charge in [-0.15, -0.1) is 0 Å². The summed E-state index contributed by atoms with van der Waals surface area (Å²) in [7, 11) is -0.596. The summed E-state index contributed by atoms with van der Waals surface area (Å²) in [5, 5.41) is 3.97. The molecule has 0 fully saturated rings. The van der Waals surface area contributed by atoms with E-state index in [1.54, 1.807) is 24.1 Å². The van der Waals surface area contributed by atoms with Gasteiger partial charge < -0.3 is 5.73 Å². The molecule has 8 heteroatoms. The number of halogens is 1. The summed E-state index contributed by atoms with van der Waals surface area (Å²) < 4.78 is 40.7. The Kier molecular flexibility index (Phi) is 3.78. The third-order valence-electron chi connectivity index (χ3n) is 2.84. The zero-order valence-electron chi connectivity index (χ0n) is 11.1. The first-order valence-electron chi connectivity index (χ1n) is 5.79. The molecule has 0 bridgehead atoms. The van der Waals surface area contributed by atoms with Crippen molar-refractivity contribution in [1.82, 2.24) is 14.1 Å². The van der Waals surface area contributed by atoms with E-state index in [0.717, 1.165) is 15.9 Å². The first-order valence-corrected chi connectivity index (χ1v) is 7.23. The fraction of sp³-hybridized carbons (Fsp3) is 0.250. The Morgan fingerprint density at radius 2 is 2.15 bits per heavy atom. The van der Waals surface area contributed by atoms with E-state index in [1.165, 1.54) is 19.2 Å². The maximum absolute atomic E-state index is 13.4. The fourth-order valence-corrected chi connectivity index (χ4v) is 2.92. The summed E-state index contributed by atoms with van der Waals surface area (Å²) in [5.41, 5.74) is 6.00. The highest BCUT2D eigenvalue weighted by Crippen LogP contribution is 2.20. The largest absolute Gasteiger partial charge is 0.396 e. The lowest BCUT2D eigenvalue weighted by molar-refractivity contribution is 0.466. The van der Waals surface area contributed by atoms with Crippen molar-refractivity contribution in [2.45, 2.75) is 11.4 Å². The minimum Gasteiger partial charge on any atom is -0.396 e. The molecule has 2 aromatic rings. The normalized spacial score (nSPS) is 12.0. The topological polar surface area (TPSA) is 81.2 Å². The van der Waals surface area contributed by atoms with E-state index >= 15 is 0 Å². The molecule has 0 saturated carbocycles. The first-order chi connectivity index (χ1) is 9.30. The van der Waals surface area contributed by atoms with Crippen LogP contribution in [0, 0.1) is 5.82 Å². The Bertz CT molecular complexity index is 727. The van der Waals surface area contributed by atoms with Crippen molar-refractivity contribution < 1.29 is 12.8 Å². The smallest absolute Gasteiger partial charge is 0.243 e. The van der Waals surface area contributed by atoms with Crippen LogP contribution in [0.3, 0.4) is 0 Å². The summed E-state index contributed by atoms with van der Waals surface area (Å²) >= 11 is 0. The molecule has 2 N–H and O–H groups in total. The van der Waals surface area contributed by atoms with Crippen LogP contribution in [0.25, 0.3) is 0 Å². The second kappa shape index (κ2) is 5.22. The van der Waals surface area contributed by atoms with Crippen LogP contribution in [0.15, 0.2) is 35.5 Å². The van der Waals surface area contributed by atoms with Gasteiger partial charge in [0, 0.05) is 32.4 Å². The third-order valence-corrected chi connectivity index (χ3v) is 4.64. The molecule has 0 atom stereocenters. The number of hydrogen-bond donors (Lipinski definition) is 1. The molecular weight excluding hydrogens is 283 g/mol. The number of anilines is 1. The Hall–Kier alpha value is -1.93. The van der Waals surface area contributed by atoms with E-state index in [2.05, 4.69) is 5.10 Å². The maximum Gasteiger partial charge on any atom is 0.243 e. The molecule has 0 radical (unpaired) electrons. The average molecular weight is 298 g/mol. The molecule has 0 aliphatic rings. The minimum atomic E-state index is -3.77. The molecule has 2 rings (SSSR count). The Balaban J connectivity index is 2.27. The van der Waals surface area contributed by atoms with Crippen LogP contribution >= 0.6 is 0 Å². The summed E-state index contributed by atoms with van der Waals surface area (Å²) in [4.78, 5) is -0.129. The van der Waals surface area contributed by atoms with Crippen molar-refractivity contribution in [1.29, 1.82) is 0 Å². The molecule has 108 valence electrons. The number of hydrogen-bond acceptors (Lipinski definition) is 4. The highest BCUT2D eigenvalue weighted by atomic mass is 32.2. The predicted molar refractivity (Wildman–Crippen MR) is 72.7 cm³/mol. The van der Waals surface area contributed by atoms with Gasteiger partial charge in [-0.2, -0.15) is 9.40 Å². The monoisotopic (exact) mass is 298 g/mol. The van der Waals surface area contributed by atoms with Crippen molar-refractivity contribution in [3.05, 3.63) is 42.0 Å². The molecule has 0 aliphatic heterocycles. The van der Waals surface area contributed by atoms with Crippen molar-refractivity contribution in [2.24, 2.45) is 7.05 Å². The van der Waals surface area contributed by atoms with Crippen molar-refractivity contribution in [3.63, 3.8) is 0 Å². The Morgan fingerprint density at radius 3 is 2.70 bits per heavy atom. The molecule has 0 spiro atoms. The SMILES string of the molecule is CN(Cc1cnn(C)c1)S(=O)(=O)c1ccc(N)c(F)c1. The predicted octanol–water partition coefficient (Wildman–Crippen LogP) is 0.962. The molecule has 1 heterocycles. The maximum atomic E-state index is 13.4. The number of nitrogens with zero attached hydrogens (tertiary/aromatic N) is 3. The van der Waals surface area contributed by atoms with E-state index in [0.29, 0.717) is 0 Å². The number of rotatable bonds is 4. The molecule has 1 aromatic carbocycles. The van der Waals surface area contributed by atoms with E-state index in [4.69, 9.17) is 5.73 Å². The van der Waals surface area contributed by atoms with Gasteiger partial charge in [0.05, 0.1) is 16.8 Å². The van der Waals surface area contributed by atoms with Crippen molar-refractivity contribution in [2.75, 3.05) is 12.8 Å². The molecule has 20 heavy (non-hydrogen) atoms. The molecule has 0 saturated heterocycles. The second-order valence-electron chi connectivity index (χ2n) is 4.47. The van der Waals surface area contributed by atoms with E-state index in [9.17, 15) is 12.8 Å². The second-order valence-corrected chi connectivity index (χ2v) is 6.51. The number of aryl methyl sites for hydroxylation is 1. The quantitative estimate of drug-likeness (QED) is 0.853. The van der Waals surface area contributed by atoms with Crippen LogP contribution < -0.4 is 5.73 Å². The van der Waals surface area contributed by atoms with Crippen LogP contribution in [0.4, 0.5) is 10.1 Å². The Labute approximate surface area is 116 Å². The number of benzene rings is 1. The summed E-state index contributed by atoms with van der Waals surface area (Å²) in [6, 6.07) is 3.44. The Morgan fingerprint density at radius 1 is 1.45 bits per heavy atom. The summed E-state index contributed by atoms with van der Waals surface area (Å²) in [6.07, 6.45) is 3.30. The standard InChI is InChI=1S/C12H15FN4O2S/c1-16-7-9(6-15-16)8-17(2)20(18,19)10-3-4-12(14)11(13)5-10/h3-7H,8,14H2,1-2H3. The van der Waals surface area contributed by atoms with Gasteiger partial charge in [0.15, 0.2) is 0 Å². The first kappa shape index (κ1) is 14.5. The molecule has 0 unspecified atom stereocenters. The van der Waals surface area contributed by atoms with Gasteiger partial charge >= 0.3 is 0 Å². The van der Waals surface area contributed by atoms with Crippen molar-refractivity contribution >= 4 is 15.7 Å². The zero-order chi connectivity index (χ0) is 14.9. The summed E-state index contributed by atoms with van der Waals surface area (Å²) in [5.74, 6) is -0.749. The summed E-state index contributed by atoms with van der Waals surface area (Å²) in [6.45, 7) is 0.155. The highest BCUT2D eigenvalue weighted by molar-refractivity contribution is 7.89. The molecular formula is C12H15FN4O2S. The average Bonchev–Trinajstić information content (AvgIpc) is 2.78. The highest BCUT2D eigenvalue weighted by Gasteiger charge is 2.22. The third kappa shape index (κ3) is 2.81. The van der Waals surface area contributed by atoms with Gasteiger partial charge in [0.2, 0.25) is 10.0 Å². The number of aromatic nitrogens is 2. The van der Waals surface area contributed by atoms with Crippen LogP contribution in [0.1, 0.15) is 5.56 Å². The van der Waals surface area contributed by atoms with E-state index in [-0.39, 0.29) is 17.1 Å². The molecule has 0 amide bonds. The minimum absolute atomic E-state index is 0.0844. The number of nitrogens with two attached hydrogens (primary N) is 1. The lowest BCUT2D eigenvalue weighted by Crippen LogP contribution is -2.26. The van der Waals surface area contributed by atoms with Gasteiger partial charge in [0.25, 0.3) is 0 Å².